The van der Waals surface area contributed by atoms with E-state index in [4.69, 9.17) is 4.74 Å². The van der Waals surface area contributed by atoms with Gasteiger partial charge in [0.25, 0.3) is 5.91 Å². The highest BCUT2D eigenvalue weighted by molar-refractivity contribution is 6.05. The maximum atomic E-state index is 13.5. The summed E-state index contributed by atoms with van der Waals surface area (Å²) in [6.45, 7) is 5.88. The summed E-state index contributed by atoms with van der Waals surface area (Å²) in [5, 5.41) is 10.0. The molecule has 9 heteroatoms. The zero-order chi connectivity index (χ0) is 23.6. The minimum Gasteiger partial charge on any atom is -0.378 e. The Morgan fingerprint density at radius 1 is 1.12 bits per heavy atom. The van der Waals surface area contributed by atoms with Crippen LogP contribution in [0.4, 0.5) is 24.5 Å². The topological polar surface area (TPSA) is 70.2 Å². The van der Waals surface area contributed by atoms with E-state index in [0.29, 0.717) is 37.7 Å². The van der Waals surface area contributed by atoms with E-state index in [2.05, 4.69) is 15.5 Å². The third-order valence-corrected chi connectivity index (χ3v) is 5.52. The molecular formula is C24H25F3N4O2. The first-order chi connectivity index (χ1) is 15.7. The Morgan fingerprint density at radius 3 is 2.55 bits per heavy atom. The van der Waals surface area contributed by atoms with E-state index in [1.807, 2.05) is 26.0 Å². The molecule has 2 N–H and O–H groups in total. The first-order valence-electron chi connectivity index (χ1n) is 10.7. The van der Waals surface area contributed by atoms with E-state index in [1.165, 1.54) is 6.07 Å². The Labute approximate surface area is 189 Å². The number of halogens is 3. The summed E-state index contributed by atoms with van der Waals surface area (Å²) < 4.78 is 45.8. The number of aromatic amines is 1. The third kappa shape index (κ3) is 5.36. The summed E-state index contributed by atoms with van der Waals surface area (Å²) in [6, 6.07) is 12.4. The second-order valence-electron chi connectivity index (χ2n) is 8.26. The van der Waals surface area contributed by atoms with Crippen LogP contribution in [0.3, 0.4) is 0 Å². The summed E-state index contributed by atoms with van der Waals surface area (Å²) in [4.78, 5) is 14.7. The lowest BCUT2D eigenvalue weighted by Crippen LogP contribution is -2.36. The van der Waals surface area contributed by atoms with Gasteiger partial charge < -0.3 is 15.0 Å². The molecule has 0 saturated carbocycles. The molecule has 1 fully saturated rings. The number of nitrogens with zero attached hydrogens (tertiary/aromatic N) is 2. The van der Waals surface area contributed by atoms with Crippen LogP contribution in [-0.2, 0) is 10.9 Å². The van der Waals surface area contributed by atoms with Crippen molar-refractivity contribution in [2.45, 2.75) is 25.9 Å². The van der Waals surface area contributed by atoms with Gasteiger partial charge in [-0.1, -0.05) is 26.0 Å². The molecule has 0 unspecified atom stereocenters. The number of nitrogens with one attached hydrogen (secondary N) is 2. The van der Waals surface area contributed by atoms with Crippen molar-refractivity contribution in [1.29, 1.82) is 0 Å². The maximum absolute atomic E-state index is 13.5. The van der Waals surface area contributed by atoms with Crippen molar-refractivity contribution in [3.05, 3.63) is 65.4 Å². The number of amides is 1. The van der Waals surface area contributed by atoms with Crippen LogP contribution in [0.5, 0.6) is 0 Å². The molecule has 1 aliphatic heterocycles. The molecule has 6 nitrogen and oxygen atoms in total. The summed E-state index contributed by atoms with van der Waals surface area (Å²) >= 11 is 0. The third-order valence-electron chi connectivity index (χ3n) is 5.52. The van der Waals surface area contributed by atoms with Crippen LogP contribution in [0, 0.1) is 0 Å². The smallest absolute Gasteiger partial charge is 0.378 e. The molecular weight excluding hydrogens is 433 g/mol. The Morgan fingerprint density at radius 2 is 1.88 bits per heavy atom. The predicted molar refractivity (Wildman–Crippen MR) is 121 cm³/mol. The SMILES string of the molecule is CC(C)c1cc(-c2cccc(NC(=O)c3cc(N4CCOCC4)cc(C(F)(F)F)c3)c2)n[nH]1. The number of hydrogen-bond donors (Lipinski definition) is 2. The van der Waals surface area contributed by atoms with Crippen LogP contribution >= 0.6 is 0 Å². The number of benzene rings is 2. The van der Waals surface area contributed by atoms with Crippen molar-refractivity contribution >= 4 is 17.3 Å². The van der Waals surface area contributed by atoms with Gasteiger partial charge in [0.05, 0.1) is 24.5 Å². The van der Waals surface area contributed by atoms with Gasteiger partial charge in [0.15, 0.2) is 0 Å². The van der Waals surface area contributed by atoms with Gasteiger partial charge >= 0.3 is 6.18 Å². The number of aromatic nitrogens is 2. The van der Waals surface area contributed by atoms with Crippen LogP contribution in [0.2, 0.25) is 0 Å². The van der Waals surface area contributed by atoms with Crippen LogP contribution in [0.25, 0.3) is 11.3 Å². The fraction of sp³-hybridized carbons (Fsp3) is 0.333. The molecule has 1 saturated heterocycles. The molecule has 2 heterocycles. The van der Waals surface area contributed by atoms with Crippen molar-refractivity contribution in [3.8, 4) is 11.3 Å². The summed E-state index contributed by atoms with van der Waals surface area (Å²) in [5.41, 5.74) is 2.40. The standard InChI is InChI=1S/C24H25F3N4O2/c1-15(2)21-14-22(30-29-21)16-4-3-5-19(11-16)28-23(32)17-10-18(24(25,26)27)13-20(12-17)31-6-8-33-9-7-31/h3-5,10-15H,6-9H2,1-2H3,(H,28,32)(H,29,30). The molecule has 3 aromatic rings. The molecule has 1 amide bonds. The molecule has 33 heavy (non-hydrogen) atoms. The molecule has 1 aliphatic rings. The number of carbonyl (C=O) groups is 1. The number of carbonyl (C=O) groups excluding carboxylic acids is 1. The number of H-pyrrole nitrogens is 1. The van der Waals surface area contributed by atoms with Crippen LogP contribution < -0.4 is 10.2 Å². The summed E-state index contributed by atoms with van der Waals surface area (Å²) in [7, 11) is 0. The highest BCUT2D eigenvalue weighted by Crippen LogP contribution is 2.33. The van der Waals surface area contributed by atoms with E-state index in [9.17, 15) is 18.0 Å². The molecule has 0 spiro atoms. The Hall–Kier alpha value is -3.33. The van der Waals surface area contributed by atoms with Gasteiger partial charge in [-0.3, -0.25) is 9.89 Å². The van der Waals surface area contributed by atoms with Gasteiger partial charge in [0.1, 0.15) is 0 Å². The first kappa shape index (κ1) is 22.8. The average molecular weight is 458 g/mol. The van der Waals surface area contributed by atoms with E-state index < -0.39 is 17.6 Å². The number of anilines is 2. The van der Waals surface area contributed by atoms with Crippen molar-refractivity contribution in [2.24, 2.45) is 0 Å². The molecule has 0 atom stereocenters. The van der Waals surface area contributed by atoms with Crippen LogP contribution in [0.1, 0.15) is 41.4 Å². The highest BCUT2D eigenvalue weighted by atomic mass is 19.4. The van der Waals surface area contributed by atoms with Crippen molar-refractivity contribution in [3.63, 3.8) is 0 Å². The molecule has 0 bridgehead atoms. The zero-order valence-corrected chi connectivity index (χ0v) is 18.4. The van der Waals surface area contributed by atoms with Crippen LogP contribution in [-0.4, -0.2) is 42.4 Å². The highest BCUT2D eigenvalue weighted by Gasteiger charge is 2.32. The van der Waals surface area contributed by atoms with Crippen molar-refractivity contribution in [1.82, 2.24) is 10.2 Å². The van der Waals surface area contributed by atoms with Crippen molar-refractivity contribution < 1.29 is 22.7 Å². The van der Waals surface area contributed by atoms with E-state index >= 15 is 0 Å². The van der Waals surface area contributed by atoms with Gasteiger partial charge in [-0.2, -0.15) is 18.3 Å². The second kappa shape index (κ2) is 9.27. The van der Waals surface area contributed by atoms with E-state index in [0.717, 1.165) is 29.1 Å². The van der Waals surface area contributed by atoms with E-state index in [1.54, 1.807) is 23.1 Å². The molecule has 0 radical (unpaired) electrons. The Balaban J connectivity index is 1.60. The van der Waals surface area contributed by atoms with Gasteiger partial charge in [-0.05, 0) is 42.3 Å². The fourth-order valence-electron chi connectivity index (χ4n) is 3.65. The van der Waals surface area contributed by atoms with Crippen molar-refractivity contribution in [2.75, 3.05) is 36.5 Å². The summed E-state index contributed by atoms with van der Waals surface area (Å²) in [6.07, 6.45) is -4.56. The normalized spacial score (nSPS) is 14.5. The Bertz CT molecular complexity index is 1130. The number of hydrogen-bond acceptors (Lipinski definition) is 4. The lowest BCUT2D eigenvalue weighted by atomic mass is 10.1. The first-order valence-corrected chi connectivity index (χ1v) is 10.7. The van der Waals surface area contributed by atoms with Gasteiger partial charge in [-0.25, -0.2) is 0 Å². The molecule has 0 aliphatic carbocycles. The largest absolute Gasteiger partial charge is 0.416 e. The number of alkyl halides is 3. The Kier molecular flexibility index (Phi) is 6.42. The molecule has 4 rings (SSSR count). The molecule has 2 aromatic carbocycles. The van der Waals surface area contributed by atoms with Gasteiger partial charge in [-0.15, -0.1) is 0 Å². The van der Waals surface area contributed by atoms with Gasteiger partial charge in [0.2, 0.25) is 0 Å². The maximum Gasteiger partial charge on any atom is 0.416 e. The lowest BCUT2D eigenvalue weighted by molar-refractivity contribution is -0.137. The minimum absolute atomic E-state index is 0.0569. The summed E-state index contributed by atoms with van der Waals surface area (Å²) in [5.74, 6) is -0.326. The predicted octanol–water partition coefficient (Wildman–Crippen LogP) is 5.31. The van der Waals surface area contributed by atoms with Gasteiger partial charge in [0, 0.05) is 41.3 Å². The quantitative estimate of drug-likeness (QED) is 0.544. The number of ether oxygens (including phenoxy) is 1. The molecule has 1 aromatic heterocycles. The zero-order valence-electron chi connectivity index (χ0n) is 18.4. The minimum atomic E-state index is -4.56. The molecule has 174 valence electrons. The van der Waals surface area contributed by atoms with E-state index in [-0.39, 0.29) is 11.5 Å². The fourth-order valence-corrected chi connectivity index (χ4v) is 3.65. The van der Waals surface area contributed by atoms with Crippen LogP contribution in [0.15, 0.2) is 48.5 Å². The monoisotopic (exact) mass is 458 g/mol. The number of rotatable bonds is 5. The average Bonchev–Trinajstić information content (AvgIpc) is 3.30. The number of morpholine rings is 1. The second-order valence-corrected chi connectivity index (χ2v) is 8.26. The lowest BCUT2D eigenvalue weighted by Gasteiger charge is -2.29.